The molecule has 138 valence electrons. The van der Waals surface area contributed by atoms with Crippen molar-refractivity contribution in [2.75, 3.05) is 19.1 Å². The fourth-order valence-corrected chi connectivity index (χ4v) is 3.43. The number of esters is 1. The number of imide groups is 1. The molecule has 1 saturated heterocycles. The Labute approximate surface area is 165 Å². The van der Waals surface area contributed by atoms with Gasteiger partial charge in [0.15, 0.2) is 0 Å². The molecule has 8 heteroatoms. The summed E-state index contributed by atoms with van der Waals surface area (Å²) in [6, 6.07) is 13.6. The molecule has 0 spiro atoms. The van der Waals surface area contributed by atoms with Crippen molar-refractivity contribution < 1.29 is 19.1 Å². The van der Waals surface area contributed by atoms with E-state index in [1.165, 1.54) is 7.11 Å². The number of ether oxygens (including phenoxy) is 1. The molecule has 0 saturated carbocycles. The summed E-state index contributed by atoms with van der Waals surface area (Å²) >= 11 is 6.93. The molecule has 1 fully saturated rings. The number of anilines is 1. The van der Waals surface area contributed by atoms with Crippen LogP contribution in [0.15, 0.2) is 53.4 Å². The van der Waals surface area contributed by atoms with Gasteiger partial charge in [-0.3, -0.25) is 14.5 Å². The first-order chi connectivity index (χ1) is 13.0. The molecular formula is C19H15ClN2O4S. The molecule has 2 aromatic rings. The molecule has 2 aromatic carbocycles. The lowest BCUT2D eigenvalue weighted by molar-refractivity contribution is -0.122. The second kappa shape index (κ2) is 8.28. The van der Waals surface area contributed by atoms with Gasteiger partial charge in [-0.25, -0.2) is 4.79 Å². The highest BCUT2D eigenvalue weighted by molar-refractivity contribution is 8.18. The van der Waals surface area contributed by atoms with Crippen molar-refractivity contribution in [1.29, 1.82) is 0 Å². The highest BCUT2D eigenvalue weighted by Gasteiger charge is 2.34. The summed E-state index contributed by atoms with van der Waals surface area (Å²) in [5.74, 6) is -0.825. The van der Waals surface area contributed by atoms with Crippen LogP contribution in [0.1, 0.15) is 15.9 Å². The van der Waals surface area contributed by atoms with Crippen LogP contribution in [0.2, 0.25) is 5.02 Å². The molecule has 1 aliphatic heterocycles. The molecule has 0 radical (unpaired) electrons. The minimum absolute atomic E-state index is 0.0209. The lowest BCUT2D eigenvalue weighted by Gasteiger charge is -2.15. The van der Waals surface area contributed by atoms with E-state index in [1.54, 1.807) is 54.6 Å². The molecular weight excluding hydrogens is 388 g/mol. The number of nitrogens with one attached hydrogen (secondary N) is 1. The molecule has 1 N–H and O–H groups in total. The van der Waals surface area contributed by atoms with Gasteiger partial charge in [-0.1, -0.05) is 35.9 Å². The van der Waals surface area contributed by atoms with Gasteiger partial charge in [-0.05, 0) is 47.7 Å². The summed E-state index contributed by atoms with van der Waals surface area (Å²) in [5.41, 5.74) is 1.75. The Morgan fingerprint density at radius 3 is 2.56 bits per heavy atom. The van der Waals surface area contributed by atoms with Crippen LogP contribution < -0.4 is 5.32 Å². The molecule has 0 aliphatic carbocycles. The predicted molar refractivity (Wildman–Crippen MR) is 106 cm³/mol. The molecule has 1 heterocycles. The number of carbonyl (C=O) groups is 3. The second-order valence-corrected chi connectivity index (χ2v) is 6.94. The van der Waals surface area contributed by atoms with Crippen molar-refractivity contribution in [3.8, 4) is 0 Å². The molecule has 2 amide bonds. The zero-order chi connectivity index (χ0) is 19.4. The van der Waals surface area contributed by atoms with Gasteiger partial charge in [0.25, 0.3) is 11.1 Å². The number of amides is 2. The van der Waals surface area contributed by atoms with Gasteiger partial charge in [0.05, 0.1) is 35.0 Å². The first-order valence-corrected chi connectivity index (χ1v) is 9.11. The highest BCUT2D eigenvalue weighted by atomic mass is 35.5. The zero-order valence-corrected chi connectivity index (χ0v) is 15.8. The van der Waals surface area contributed by atoms with E-state index in [4.69, 9.17) is 11.6 Å². The van der Waals surface area contributed by atoms with Gasteiger partial charge in [0.1, 0.15) is 0 Å². The van der Waals surface area contributed by atoms with Crippen molar-refractivity contribution in [2.24, 2.45) is 0 Å². The summed E-state index contributed by atoms with van der Waals surface area (Å²) in [6.07, 6.45) is 1.61. The molecule has 0 unspecified atom stereocenters. The van der Waals surface area contributed by atoms with Crippen molar-refractivity contribution in [1.82, 2.24) is 4.90 Å². The second-order valence-electron chi connectivity index (χ2n) is 5.54. The van der Waals surface area contributed by atoms with Gasteiger partial charge >= 0.3 is 5.97 Å². The van der Waals surface area contributed by atoms with E-state index in [0.29, 0.717) is 26.7 Å². The van der Waals surface area contributed by atoms with Crippen LogP contribution in [0.5, 0.6) is 0 Å². The number of hydrogen-bond acceptors (Lipinski definition) is 6. The summed E-state index contributed by atoms with van der Waals surface area (Å²) in [6.45, 7) is 0.0209. The summed E-state index contributed by atoms with van der Waals surface area (Å²) in [4.78, 5) is 37.6. The van der Waals surface area contributed by atoms with Gasteiger partial charge in [-0.15, -0.1) is 0 Å². The first kappa shape index (κ1) is 19.0. The summed E-state index contributed by atoms with van der Waals surface area (Å²) in [5, 5.41) is 3.13. The number of carbonyl (C=O) groups excluding carboxylic acids is 3. The van der Waals surface area contributed by atoms with Crippen LogP contribution in [0.4, 0.5) is 10.5 Å². The lowest BCUT2D eigenvalue weighted by atomic mass is 10.1. The van der Waals surface area contributed by atoms with E-state index in [-0.39, 0.29) is 17.8 Å². The zero-order valence-electron chi connectivity index (χ0n) is 14.3. The first-order valence-electron chi connectivity index (χ1n) is 7.92. The number of hydrogen-bond donors (Lipinski definition) is 1. The van der Waals surface area contributed by atoms with Gasteiger partial charge in [0, 0.05) is 0 Å². The third kappa shape index (κ3) is 4.32. The largest absolute Gasteiger partial charge is 0.465 e. The van der Waals surface area contributed by atoms with Crippen molar-refractivity contribution in [3.63, 3.8) is 0 Å². The molecule has 0 aromatic heterocycles. The van der Waals surface area contributed by atoms with E-state index >= 15 is 0 Å². The average molecular weight is 403 g/mol. The predicted octanol–water partition coefficient (Wildman–Crippen LogP) is 4.23. The highest BCUT2D eigenvalue weighted by Crippen LogP contribution is 2.32. The monoisotopic (exact) mass is 402 g/mol. The minimum Gasteiger partial charge on any atom is -0.465 e. The normalized spacial score (nSPS) is 15.3. The Morgan fingerprint density at radius 1 is 1.19 bits per heavy atom. The van der Waals surface area contributed by atoms with Crippen molar-refractivity contribution in [2.45, 2.75) is 0 Å². The van der Waals surface area contributed by atoms with Gasteiger partial charge in [0.2, 0.25) is 0 Å². The van der Waals surface area contributed by atoms with Crippen molar-refractivity contribution in [3.05, 3.63) is 69.6 Å². The maximum Gasteiger partial charge on any atom is 0.337 e. The number of methoxy groups -OCH3 is 1. The Hall–Kier alpha value is -2.77. The Balaban J connectivity index is 1.70. The number of nitrogens with zero attached hydrogens (tertiary/aromatic N) is 1. The van der Waals surface area contributed by atoms with Crippen LogP contribution in [0.3, 0.4) is 0 Å². The topological polar surface area (TPSA) is 75.7 Å². The van der Waals surface area contributed by atoms with Gasteiger partial charge in [-0.2, -0.15) is 0 Å². The maximum absolute atomic E-state index is 12.5. The fourth-order valence-electron chi connectivity index (χ4n) is 2.39. The van der Waals surface area contributed by atoms with Gasteiger partial charge < -0.3 is 10.1 Å². The standard InChI is InChI=1S/C19H15ClN2O4S/c1-26-18(24)13-8-6-12(7-9-13)10-16-17(23)22(19(25)27-16)11-21-15-5-3-2-4-14(15)20/h2-10,21H,11H2,1H3. The molecule has 27 heavy (non-hydrogen) atoms. The molecule has 3 rings (SSSR count). The lowest BCUT2D eigenvalue weighted by Crippen LogP contribution is -2.33. The minimum atomic E-state index is -0.437. The molecule has 0 atom stereocenters. The molecule has 1 aliphatic rings. The van der Waals surface area contributed by atoms with Crippen LogP contribution in [-0.4, -0.2) is 35.8 Å². The van der Waals surface area contributed by atoms with E-state index in [1.807, 2.05) is 0 Å². The number of benzene rings is 2. The summed E-state index contributed by atoms with van der Waals surface area (Å²) in [7, 11) is 1.31. The summed E-state index contributed by atoms with van der Waals surface area (Å²) < 4.78 is 4.65. The third-order valence-electron chi connectivity index (χ3n) is 3.80. The van der Waals surface area contributed by atoms with Crippen LogP contribution in [0, 0.1) is 0 Å². The maximum atomic E-state index is 12.5. The number of halogens is 1. The average Bonchev–Trinajstić information content (AvgIpc) is 2.94. The van der Waals surface area contributed by atoms with E-state index in [2.05, 4.69) is 10.1 Å². The van der Waals surface area contributed by atoms with E-state index in [0.717, 1.165) is 16.7 Å². The SMILES string of the molecule is COC(=O)c1ccc(C=C2SC(=O)N(CNc3ccccc3Cl)C2=O)cc1. The van der Waals surface area contributed by atoms with E-state index < -0.39 is 5.97 Å². The molecule has 6 nitrogen and oxygen atoms in total. The Bertz CT molecular complexity index is 928. The fraction of sp³-hybridized carbons (Fsp3) is 0.105. The third-order valence-corrected chi connectivity index (χ3v) is 5.04. The van der Waals surface area contributed by atoms with Crippen LogP contribution >= 0.6 is 23.4 Å². The van der Waals surface area contributed by atoms with Crippen LogP contribution in [-0.2, 0) is 9.53 Å². The molecule has 0 bridgehead atoms. The quantitative estimate of drug-likeness (QED) is 0.595. The number of rotatable bonds is 5. The Morgan fingerprint density at radius 2 is 1.89 bits per heavy atom. The number of para-hydroxylation sites is 1. The number of thioether (sulfide) groups is 1. The van der Waals surface area contributed by atoms with Crippen molar-refractivity contribution >= 4 is 52.2 Å². The van der Waals surface area contributed by atoms with Crippen LogP contribution in [0.25, 0.3) is 6.08 Å². The smallest absolute Gasteiger partial charge is 0.337 e. The Kier molecular flexibility index (Phi) is 5.83. The van der Waals surface area contributed by atoms with E-state index in [9.17, 15) is 14.4 Å².